The van der Waals surface area contributed by atoms with Crippen LogP contribution in [0.5, 0.6) is 5.75 Å². The summed E-state index contributed by atoms with van der Waals surface area (Å²) in [7, 11) is 0. The summed E-state index contributed by atoms with van der Waals surface area (Å²) in [6.45, 7) is 9.29. The molecule has 30 heavy (non-hydrogen) atoms. The fourth-order valence-electron chi connectivity index (χ4n) is 3.47. The third-order valence-corrected chi connectivity index (χ3v) is 5.04. The molecule has 1 aromatic carbocycles. The highest BCUT2D eigenvalue weighted by Crippen LogP contribution is 2.18. The number of aryl methyl sites for hydroxylation is 1. The molecule has 1 aliphatic rings. The first-order valence-corrected chi connectivity index (χ1v) is 10.7. The van der Waals surface area contributed by atoms with E-state index in [9.17, 15) is 4.39 Å². The SMILES string of the molecule is CCNC(=NCC(C)Oc1ccc(F)cc1)NC1CCN(c2cccc(C)n2)CC1. The number of ether oxygens (including phenoxy) is 1. The van der Waals surface area contributed by atoms with E-state index in [1.807, 2.05) is 19.9 Å². The molecule has 0 saturated carbocycles. The highest BCUT2D eigenvalue weighted by atomic mass is 19.1. The summed E-state index contributed by atoms with van der Waals surface area (Å²) in [6.07, 6.45) is 1.95. The number of aliphatic imine (C=N–C) groups is 1. The van der Waals surface area contributed by atoms with Crippen molar-refractivity contribution < 1.29 is 9.13 Å². The second-order valence-electron chi connectivity index (χ2n) is 7.64. The fraction of sp³-hybridized carbons (Fsp3) is 0.478. The van der Waals surface area contributed by atoms with Crippen molar-refractivity contribution in [2.75, 3.05) is 31.1 Å². The van der Waals surface area contributed by atoms with Gasteiger partial charge in [-0.05, 0) is 70.0 Å². The first-order chi connectivity index (χ1) is 14.5. The molecule has 1 unspecified atom stereocenters. The first-order valence-electron chi connectivity index (χ1n) is 10.7. The molecule has 2 N–H and O–H groups in total. The number of piperidine rings is 1. The summed E-state index contributed by atoms with van der Waals surface area (Å²) in [5, 5.41) is 6.87. The van der Waals surface area contributed by atoms with Crippen LogP contribution in [0.15, 0.2) is 47.5 Å². The number of aromatic nitrogens is 1. The molecule has 1 atom stereocenters. The first kappa shape index (κ1) is 21.9. The number of anilines is 1. The summed E-state index contributed by atoms with van der Waals surface area (Å²) >= 11 is 0. The maximum Gasteiger partial charge on any atom is 0.191 e. The topological polar surface area (TPSA) is 61.8 Å². The average molecular weight is 414 g/mol. The molecule has 1 aliphatic heterocycles. The molecule has 3 rings (SSSR count). The van der Waals surface area contributed by atoms with Crippen molar-refractivity contribution in [1.82, 2.24) is 15.6 Å². The summed E-state index contributed by atoms with van der Waals surface area (Å²) in [5.74, 6) is 2.24. The Balaban J connectivity index is 1.49. The molecule has 2 heterocycles. The molecule has 0 spiro atoms. The third kappa shape index (κ3) is 6.61. The van der Waals surface area contributed by atoms with Crippen molar-refractivity contribution in [3.63, 3.8) is 0 Å². The Morgan fingerprint density at radius 1 is 1.23 bits per heavy atom. The summed E-state index contributed by atoms with van der Waals surface area (Å²) in [5.41, 5.74) is 1.05. The Hall–Kier alpha value is -2.83. The molecule has 0 aliphatic carbocycles. The summed E-state index contributed by atoms with van der Waals surface area (Å²) in [4.78, 5) is 11.7. The van der Waals surface area contributed by atoms with Gasteiger partial charge in [0.25, 0.3) is 0 Å². The number of pyridine rings is 1. The van der Waals surface area contributed by atoms with Crippen LogP contribution >= 0.6 is 0 Å². The van der Waals surface area contributed by atoms with Crippen molar-refractivity contribution in [2.45, 2.75) is 45.8 Å². The van der Waals surface area contributed by atoms with E-state index in [0.29, 0.717) is 18.3 Å². The number of hydrogen-bond acceptors (Lipinski definition) is 4. The monoisotopic (exact) mass is 413 g/mol. The number of guanidine groups is 1. The zero-order valence-corrected chi connectivity index (χ0v) is 18.1. The van der Waals surface area contributed by atoms with Gasteiger partial charge < -0.3 is 20.3 Å². The quantitative estimate of drug-likeness (QED) is 0.537. The van der Waals surface area contributed by atoms with Crippen LogP contribution in [0.4, 0.5) is 10.2 Å². The smallest absolute Gasteiger partial charge is 0.191 e. The van der Waals surface area contributed by atoms with Gasteiger partial charge in [-0.25, -0.2) is 14.4 Å². The Bertz CT molecular complexity index is 819. The molecule has 1 saturated heterocycles. The molecule has 0 radical (unpaired) electrons. The van der Waals surface area contributed by atoms with Crippen molar-refractivity contribution in [3.8, 4) is 5.75 Å². The van der Waals surface area contributed by atoms with E-state index in [1.54, 1.807) is 12.1 Å². The summed E-state index contributed by atoms with van der Waals surface area (Å²) in [6, 6.07) is 12.6. The van der Waals surface area contributed by atoms with Crippen molar-refractivity contribution in [1.29, 1.82) is 0 Å². The largest absolute Gasteiger partial charge is 0.489 e. The lowest BCUT2D eigenvalue weighted by molar-refractivity contribution is 0.230. The predicted molar refractivity (Wildman–Crippen MR) is 120 cm³/mol. The van der Waals surface area contributed by atoms with E-state index >= 15 is 0 Å². The maximum absolute atomic E-state index is 13.0. The van der Waals surface area contributed by atoms with Crippen LogP contribution in [0.2, 0.25) is 0 Å². The second kappa shape index (κ2) is 10.8. The standard InChI is InChI=1S/C23H32FN5O/c1-4-25-23(26-16-18(3)30-21-10-8-19(24)9-11-21)28-20-12-14-29(15-13-20)22-7-5-6-17(2)27-22/h5-11,18,20H,4,12-16H2,1-3H3,(H2,25,26,28). The second-order valence-corrected chi connectivity index (χ2v) is 7.64. The number of nitrogens with one attached hydrogen (secondary N) is 2. The van der Waals surface area contributed by atoms with Crippen LogP contribution in [0.25, 0.3) is 0 Å². The highest BCUT2D eigenvalue weighted by Gasteiger charge is 2.21. The van der Waals surface area contributed by atoms with Crippen LogP contribution in [0.1, 0.15) is 32.4 Å². The van der Waals surface area contributed by atoms with Crippen molar-refractivity contribution >= 4 is 11.8 Å². The molecule has 6 nitrogen and oxygen atoms in total. The van der Waals surface area contributed by atoms with Gasteiger partial charge in [0.1, 0.15) is 23.5 Å². The number of rotatable bonds is 7. The fourth-order valence-corrected chi connectivity index (χ4v) is 3.47. The Morgan fingerprint density at radius 2 is 1.97 bits per heavy atom. The van der Waals surface area contributed by atoms with E-state index in [1.165, 1.54) is 12.1 Å². The Kier molecular flexibility index (Phi) is 7.88. The maximum atomic E-state index is 13.0. The van der Waals surface area contributed by atoms with Crippen molar-refractivity contribution in [3.05, 3.63) is 54.0 Å². The molecule has 1 aromatic heterocycles. The molecule has 1 fully saturated rings. The molecule has 0 bridgehead atoms. The Morgan fingerprint density at radius 3 is 2.63 bits per heavy atom. The van der Waals surface area contributed by atoms with Gasteiger partial charge in [0.2, 0.25) is 0 Å². The van der Waals surface area contributed by atoms with E-state index < -0.39 is 0 Å². The molecule has 162 valence electrons. The normalized spacial score (nSPS) is 16.3. The minimum Gasteiger partial charge on any atom is -0.489 e. The zero-order chi connectivity index (χ0) is 21.3. The average Bonchev–Trinajstić information content (AvgIpc) is 2.74. The Labute approximate surface area is 178 Å². The molecule has 7 heteroatoms. The number of halogens is 1. The van der Waals surface area contributed by atoms with Crippen molar-refractivity contribution in [2.24, 2.45) is 4.99 Å². The molecule has 0 amide bonds. The zero-order valence-electron chi connectivity index (χ0n) is 18.1. The van der Waals surface area contributed by atoms with Gasteiger partial charge >= 0.3 is 0 Å². The van der Waals surface area contributed by atoms with E-state index in [0.717, 1.165) is 49.9 Å². The van der Waals surface area contributed by atoms with Crippen LogP contribution in [-0.4, -0.2) is 49.3 Å². The number of nitrogens with zero attached hydrogens (tertiary/aromatic N) is 3. The highest BCUT2D eigenvalue weighted by molar-refractivity contribution is 5.80. The van der Waals surface area contributed by atoms with Crippen LogP contribution in [-0.2, 0) is 0 Å². The minimum atomic E-state index is -0.268. The molecular weight excluding hydrogens is 381 g/mol. The van der Waals surface area contributed by atoms with E-state index in [4.69, 9.17) is 4.74 Å². The van der Waals surface area contributed by atoms with Crippen LogP contribution in [0, 0.1) is 12.7 Å². The van der Waals surface area contributed by atoms with Gasteiger partial charge in [-0.1, -0.05) is 6.07 Å². The summed E-state index contributed by atoms with van der Waals surface area (Å²) < 4.78 is 18.8. The van der Waals surface area contributed by atoms with E-state index in [2.05, 4.69) is 44.6 Å². The van der Waals surface area contributed by atoms with Gasteiger partial charge in [0, 0.05) is 31.4 Å². The number of benzene rings is 1. The third-order valence-electron chi connectivity index (χ3n) is 5.04. The van der Waals surface area contributed by atoms with Crippen LogP contribution < -0.4 is 20.3 Å². The molecule has 2 aromatic rings. The van der Waals surface area contributed by atoms with Gasteiger partial charge in [-0.2, -0.15) is 0 Å². The number of hydrogen-bond donors (Lipinski definition) is 2. The molecular formula is C23H32FN5O. The van der Waals surface area contributed by atoms with Crippen LogP contribution in [0.3, 0.4) is 0 Å². The minimum absolute atomic E-state index is 0.111. The predicted octanol–water partition coefficient (Wildman–Crippen LogP) is 3.52. The van der Waals surface area contributed by atoms with E-state index in [-0.39, 0.29) is 11.9 Å². The lowest BCUT2D eigenvalue weighted by Crippen LogP contribution is -2.49. The van der Waals surface area contributed by atoms with Gasteiger partial charge in [0.15, 0.2) is 5.96 Å². The lowest BCUT2D eigenvalue weighted by Gasteiger charge is -2.34. The van der Waals surface area contributed by atoms with Gasteiger partial charge in [0.05, 0.1) is 6.54 Å². The lowest BCUT2D eigenvalue weighted by atomic mass is 10.1. The van der Waals surface area contributed by atoms with Gasteiger partial charge in [-0.15, -0.1) is 0 Å². The van der Waals surface area contributed by atoms with Gasteiger partial charge in [-0.3, -0.25) is 0 Å².